The summed E-state index contributed by atoms with van der Waals surface area (Å²) < 4.78 is 5.08. The topological polar surface area (TPSA) is 65.9 Å². The molecule has 0 saturated carbocycles. The first-order valence-electron chi connectivity index (χ1n) is 8.09. The summed E-state index contributed by atoms with van der Waals surface area (Å²) in [4.78, 5) is 4.54. The fourth-order valence-corrected chi connectivity index (χ4v) is 2.09. The number of nitrogens with zero attached hydrogens (tertiary/aromatic N) is 1. The van der Waals surface area contributed by atoms with Crippen LogP contribution in [-0.4, -0.2) is 37.8 Å². The molecule has 1 aromatic rings. The van der Waals surface area contributed by atoms with Crippen LogP contribution in [0.2, 0.25) is 0 Å². The Balaban J connectivity index is 0.00000484. The third kappa shape index (κ3) is 8.88. The van der Waals surface area contributed by atoms with Crippen LogP contribution in [0.15, 0.2) is 23.2 Å². The average molecular weight is 435 g/mol. The molecule has 0 fully saturated rings. The summed E-state index contributed by atoms with van der Waals surface area (Å²) in [7, 11) is 1.59. The van der Waals surface area contributed by atoms with Crippen molar-refractivity contribution in [2.24, 2.45) is 4.99 Å². The molecule has 0 atom stereocenters. The van der Waals surface area contributed by atoms with Gasteiger partial charge < -0.3 is 20.5 Å². The fourth-order valence-electron chi connectivity index (χ4n) is 2.09. The number of phenols is 1. The summed E-state index contributed by atoms with van der Waals surface area (Å²) in [5.41, 5.74) is 0.898. The molecule has 3 N–H and O–H groups in total. The van der Waals surface area contributed by atoms with Crippen molar-refractivity contribution >= 4 is 29.9 Å². The lowest BCUT2D eigenvalue weighted by Crippen LogP contribution is -2.38. The Hall–Kier alpha value is -1.18. The zero-order chi connectivity index (χ0) is 16.2. The van der Waals surface area contributed by atoms with E-state index in [0.29, 0.717) is 5.75 Å². The van der Waals surface area contributed by atoms with Crippen LogP contribution in [-0.2, 0) is 6.42 Å². The van der Waals surface area contributed by atoms with Gasteiger partial charge in [0, 0.05) is 25.7 Å². The molecule has 0 amide bonds. The van der Waals surface area contributed by atoms with Crippen LogP contribution in [0, 0.1) is 0 Å². The van der Waals surface area contributed by atoms with Crippen LogP contribution in [0.1, 0.15) is 38.7 Å². The molecule has 0 radical (unpaired) electrons. The monoisotopic (exact) mass is 435 g/mol. The highest BCUT2D eigenvalue weighted by molar-refractivity contribution is 14.0. The predicted octanol–water partition coefficient (Wildman–Crippen LogP) is 3.31. The molecule has 0 aromatic heterocycles. The van der Waals surface area contributed by atoms with Gasteiger partial charge in [-0.2, -0.15) is 0 Å². The van der Waals surface area contributed by atoms with Crippen molar-refractivity contribution in [3.63, 3.8) is 0 Å². The molecule has 0 unspecified atom stereocenters. The Morgan fingerprint density at radius 3 is 2.61 bits per heavy atom. The minimum Gasteiger partial charge on any atom is -0.508 e. The first-order chi connectivity index (χ1) is 10.7. The number of guanidine groups is 1. The second kappa shape index (κ2) is 13.3. The Morgan fingerprint density at radius 1 is 1.22 bits per heavy atom. The molecule has 23 heavy (non-hydrogen) atoms. The number of benzene rings is 1. The van der Waals surface area contributed by atoms with Crippen molar-refractivity contribution in [3.05, 3.63) is 23.8 Å². The number of nitrogens with one attached hydrogen (secondary N) is 2. The molecular formula is C17H30IN3O2. The molecule has 0 aliphatic carbocycles. The van der Waals surface area contributed by atoms with Crippen LogP contribution in [0.5, 0.6) is 11.5 Å². The van der Waals surface area contributed by atoms with E-state index in [1.54, 1.807) is 13.2 Å². The van der Waals surface area contributed by atoms with Gasteiger partial charge in [0.1, 0.15) is 11.5 Å². The lowest BCUT2D eigenvalue weighted by atomic mass is 10.1. The molecule has 0 saturated heterocycles. The smallest absolute Gasteiger partial charge is 0.191 e. The van der Waals surface area contributed by atoms with Gasteiger partial charge in [0.25, 0.3) is 0 Å². The zero-order valence-electron chi connectivity index (χ0n) is 14.4. The molecule has 0 spiro atoms. The van der Waals surface area contributed by atoms with Crippen molar-refractivity contribution in [2.75, 3.05) is 26.7 Å². The van der Waals surface area contributed by atoms with Crippen LogP contribution in [0.25, 0.3) is 0 Å². The third-order valence-electron chi connectivity index (χ3n) is 3.36. The number of hydrogen-bond acceptors (Lipinski definition) is 3. The van der Waals surface area contributed by atoms with E-state index in [9.17, 15) is 5.11 Å². The quantitative estimate of drug-likeness (QED) is 0.241. The zero-order valence-corrected chi connectivity index (χ0v) is 16.7. The number of aromatic hydroxyl groups is 1. The highest BCUT2D eigenvalue weighted by Crippen LogP contribution is 2.23. The first kappa shape index (κ1) is 21.8. The van der Waals surface area contributed by atoms with Gasteiger partial charge in [-0.3, -0.25) is 4.99 Å². The van der Waals surface area contributed by atoms with Gasteiger partial charge in [-0.15, -0.1) is 24.0 Å². The molecule has 132 valence electrons. The number of aliphatic imine (C=N–C) groups is 1. The van der Waals surface area contributed by atoms with Gasteiger partial charge in [0.15, 0.2) is 5.96 Å². The van der Waals surface area contributed by atoms with Gasteiger partial charge in [0.05, 0.1) is 7.11 Å². The van der Waals surface area contributed by atoms with Crippen LogP contribution in [0.3, 0.4) is 0 Å². The van der Waals surface area contributed by atoms with E-state index in [1.165, 1.54) is 12.8 Å². The largest absolute Gasteiger partial charge is 0.508 e. The van der Waals surface area contributed by atoms with E-state index < -0.39 is 0 Å². The predicted molar refractivity (Wildman–Crippen MR) is 107 cm³/mol. The maximum atomic E-state index is 9.94. The average Bonchev–Trinajstić information content (AvgIpc) is 2.52. The first-order valence-corrected chi connectivity index (χ1v) is 8.09. The summed E-state index contributed by atoms with van der Waals surface area (Å²) in [6.45, 7) is 6.65. The highest BCUT2D eigenvalue weighted by Gasteiger charge is 2.04. The SMILES string of the molecule is CCCCCN=C(NCC)NCCc1ccc(OC)cc1O.I. The number of halogens is 1. The van der Waals surface area contributed by atoms with Gasteiger partial charge in [-0.1, -0.05) is 25.8 Å². The van der Waals surface area contributed by atoms with Crippen LogP contribution >= 0.6 is 24.0 Å². The lowest BCUT2D eigenvalue weighted by Gasteiger charge is -2.12. The van der Waals surface area contributed by atoms with E-state index in [-0.39, 0.29) is 29.7 Å². The van der Waals surface area contributed by atoms with E-state index in [0.717, 1.165) is 44.0 Å². The van der Waals surface area contributed by atoms with Gasteiger partial charge in [0.2, 0.25) is 0 Å². The Kier molecular flexibility index (Phi) is 12.6. The second-order valence-corrected chi connectivity index (χ2v) is 5.14. The summed E-state index contributed by atoms with van der Waals surface area (Å²) in [6.07, 6.45) is 4.26. The summed E-state index contributed by atoms with van der Waals surface area (Å²) in [5, 5.41) is 16.5. The Bertz CT molecular complexity index is 467. The van der Waals surface area contributed by atoms with Crippen molar-refractivity contribution in [1.82, 2.24) is 10.6 Å². The van der Waals surface area contributed by atoms with Crippen molar-refractivity contribution < 1.29 is 9.84 Å². The molecule has 1 aromatic carbocycles. The molecule has 1 rings (SSSR count). The summed E-state index contributed by atoms with van der Waals surface area (Å²) >= 11 is 0. The second-order valence-electron chi connectivity index (χ2n) is 5.14. The van der Waals surface area contributed by atoms with Crippen molar-refractivity contribution in [3.8, 4) is 11.5 Å². The highest BCUT2D eigenvalue weighted by atomic mass is 127. The van der Waals surface area contributed by atoms with Crippen molar-refractivity contribution in [1.29, 1.82) is 0 Å². The van der Waals surface area contributed by atoms with E-state index in [4.69, 9.17) is 4.74 Å². The standard InChI is InChI=1S/C17H29N3O2.HI/c1-4-6-7-11-19-17(18-5-2)20-12-10-14-8-9-15(22-3)13-16(14)21;/h8-9,13,21H,4-7,10-12H2,1-3H3,(H2,18,19,20);1H. The Labute approximate surface area is 156 Å². The van der Waals surface area contributed by atoms with Gasteiger partial charge in [-0.05, 0) is 31.4 Å². The van der Waals surface area contributed by atoms with Gasteiger partial charge >= 0.3 is 0 Å². The Morgan fingerprint density at radius 2 is 2.00 bits per heavy atom. The number of ether oxygens (including phenoxy) is 1. The fraction of sp³-hybridized carbons (Fsp3) is 0.588. The molecule has 0 bridgehead atoms. The minimum atomic E-state index is 0. The van der Waals surface area contributed by atoms with E-state index in [1.807, 2.05) is 12.1 Å². The van der Waals surface area contributed by atoms with Crippen LogP contribution < -0.4 is 15.4 Å². The van der Waals surface area contributed by atoms with E-state index >= 15 is 0 Å². The number of rotatable bonds is 9. The number of phenolic OH excluding ortho intramolecular Hbond substituents is 1. The molecule has 0 aliphatic rings. The van der Waals surface area contributed by atoms with Crippen molar-refractivity contribution in [2.45, 2.75) is 39.5 Å². The molecule has 5 nitrogen and oxygen atoms in total. The van der Waals surface area contributed by atoms with Crippen LogP contribution in [0.4, 0.5) is 0 Å². The number of hydrogen-bond donors (Lipinski definition) is 3. The normalized spacial score (nSPS) is 10.8. The maximum Gasteiger partial charge on any atom is 0.191 e. The molecule has 0 heterocycles. The summed E-state index contributed by atoms with van der Waals surface area (Å²) in [6, 6.07) is 5.39. The lowest BCUT2D eigenvalue weighted by molar-refractivity contribution is 0.406. The van der Waals surface area contributed by atoms with E-state index in [2.05, 4.69) is 29.5 Å². The number of unbranched alkanes of at least 4 members (excludes halogenated alkanes) is 2. The minimum absolute atomic E-state index is 0. The number of methoxy groups -OCH3 is 1. The molecule has 0 aliphatic heterocycles. The molecular weight excluding hydrogens is 405 g/mol. The third-order valence-corrected chi connectivity index (χ3v) is 3.36. The summed E-state index contributed by atoms with van der Waals surface area (Å²) in [5.74, 6) is 1.78. The van der Waals surface area contributed by atoms with Gasteiger partial charge in [-0.25, -0.2) is 0 Å². The maximum absolute atomic E-state index is 9.94. The molecule has 6 heteroatoms.